The molecular formula is C21H29ClN2O4. The van der Waals surface area contributed by atoms with Gasteiger partial charge in [0.2, 0.25) is 11.8 Å². The van der Waals surface area contributed by atoms with Crippen LogP contribution < -0.4 is 10.5 Å². The summed E-state index contributed by atoms with van der Waals surface area (Å²) in [6, 6.07) is 5.39. The van der Waals surface area contributed by atoms with E-state index in [2.05, 4.69) is 0 Å². The molecule has 1 aromatic rings. The van der Waals surface area contributed by atoms with Crippen molar-refractivity contribution in [3.63, 3.8) is 0 Å². The highest BCUT2D eigenvalue weighted by atomic mass is 35.5. The molecule has 1 aliphatic heterocycles. The molecule has 28 heavy (non-hydrogen) atoms. The molecule has 7 heteroatoms. The zero-order valence-corrected chi connectivity index (χ0v) is 17.2. The summed E-state index contributed by atoms with van der Waals surface area (Å²) in [5.74, 6) is 0.421. The maximum absolute atomic E-state index is 13.0. The Hall–Kier alpha value is -1.79. The van der Waals surface area contributed by atoms with Gasteiger partial charge in [0.05, 0.1) is 19.6 Å². The fourth-order valence-electron chi connectivity index (χ4n) is 4.13. The number of morpholine rings is 1. The Morgan fingerprint density at radius 2 is 2.07 bits per heavy atom. The molecule has 1 heterocycles. The summed E-state index contributed by atoms with van der Waals surface area (Å²) in [5.41, 5.74) is 5.47. The Morgan fingerprint density at radius 1 is 1.32 bits per heavy atom. The van der Waals surface area contributed by atoms with E-state index < -0.39 is 11.5 Å². The minimum Gasteiger partial charge on any atom is -0.490 e. The molecule has 0 aromatic heterocycles. The Labute approximate surface area is 171 Å². The van der Waals surface area contributed by atoms with Gasteiger partial charge in [-0.15, -0.1) is 0 Å². The van der Waals surface area contributed by atoms with Crippen LogP contribution in [0.15, 0.2) is 18.2 Å². The van der Waals surface area contributed by atoms with E-state index in [9.17, 15) is 9.59 Å². The fourth-order valence-corrected chi connectivity index (χ4v) is 4.24. The largest absolute Gasteiger partial charge is 0.490 e. The lowest BCUT2D eigenvalue weighted by atomic mass is 9.87. The maximum Gasteiger partial charge on any atom is 0.225 e. The molecule has 2 fully saturated rings. The first-order valence-electron chi connectivity index (χ1n) is 9.98. The quantitative estimate of drug-likeness (QED) is 0.784. The standard InChI is InChI=1S/C21H29ClN2O4/c1-15-11-17(7-8-18(15)22)27-14-21(12-19(23)25)13-24(9-10-28-21)20(26)16-5-3-2-4-6-16/h7-8,11,16H,2-6,9-10,12-14H2,1H3,(H2,23,25)/t21-/m0/s1. The molecule has 1 atom stereocenters. The highest BCUT2D eigenvalue weighted by Crippen LogP contribution is 2.30. The van der Waals surface area contributed by atoms with Gasteiger partial charge in [0.15, 0.2) is 0 Å². The number of nitrogens with zero attached hydrogens (tertiary/aromatic N) is 1. The van der Waals surface area contributed by atoms with Crippen LogP contribution in [0.4, 0.5) is 0 Å². The summed E-state index contributed by atoms with van der Waals surface area (Å²) in [4.78, 5) is 26.5. The zero-order valence-electron chi connectivity index (χ0n) is 16.4. The van der Waals surface area contributed by atoms with Crippen LogP contribution in [0.1, 0.15) is 44.1 Å². The van der Waals surface area contributed by atoms with Crippen molar-refractivity contribution in [3.05, 3.63) is 28.8 Å². The van der Waals surface area contributed by atoms with Crippen LogP contribution >= 0.6 is 11.6 Å². The van der Waals surface area contributed by atoms with Crippen molar-refractivity contribution in [2.75, 3.05) is 26.3 Å². The van der Waals surface area contributed by atoms with Crippen molar-refractivity contribution in [1.82, 2.24) is 4.90 Å². The van der Waals surface area contributed by atoms with Crippen molar-refractivity contribution in [2.24, 2.45) is 11.7 Å². The third-order valence-corrected chi connectivity index (χ3v) is 6.07. The fraction of sp³-hybridized carbons (Fsp3) is 0.619. The van der Waals surface area contributed by atoms with Crippen molar-refractivity contribution in [3.8, 4) is 5.75 Å². The van der Waals surface area contributed by atoms with Crippen LogP contribution in [-0.4, -0.2) is 48.6 Å². The summed E-state index contributed by atoms with van der Waals surface area (Å²) in [7, 11) is 0. The van der Waals surface area contributed by atoms with Gasteiger partial charge in [-0.25, -0.2) is 0 Å². The molecule has 6 nitrogen and oxygen atoms in total. The molecule has 1 aromatic carbocycles. The van der Waals surface area contributed by atoms with E-state index in [0.717, 1.165) is 31.2 Å². The van der Waals surface area contributed by atoms with E-state index in [-0.39, 0.29) is 24.9 Å². The molecule has 0 bridgehead atoms. The first-order valence-corrected chi connectivity index (χ1v) is 10.4. The SMILES string of the molecule is Cc1cc(OC[C@]2(CC(N)=O)CN(C(=O)C3CCCCC3)CCO2)ccc1Cl. The number of hydrogen-bond donors (Lipinski definition) is 1. The van der Waals surface area contributed by atoms with E-state index >= 15 is 0 Å². The van der Waals surface area contributed by atoms with Gasteiger partial charge in [-0.2, -0.15) is 0 Å². The van der Waals surface area contributed by atoms with E-state index in [1.165, 1.54) is 6.42 Å². The molecule has 1 saturated carbocycles. The molecule has 3 rings (SSSR count). The van der Waals surface area contributed by atoms with Gasteiger partial charge in [0, 0.05) is 17.5 Å². The van der Waals surface area contributed by atoms with Gasteiger partial charge in [-0.05, 0) is 43.5 Å². The topological polar surface area (TPSA) is 81.9 Å². The summed E-state index contributed by atoms with van der Waals surface area (Å²) in [6.45, 7) is 3.27. The van der Waals surface area contributed by atoms with Gasteiger partial charge >= 0.3 is 0 Å². The van der Waals surface area contributed by atoms with Crippen LogP contribution in [0, 0.1) is 12.8 Å². The Bertz CT molecular complexity index is 720. The van der Waals surface area contributed by atoms with Gasteiger partial charge in [0.1, 0.15) is 18.0 Å². The number of benzene rings is 1. The summed E-state index contributed by atoms with van der Waals surface area (Å²) < 4.78 is 11.9. The minimum absolute atomic E-state index is 0.00795. The second-order valence-corrected chi connectivity index (χ2v) is 8.38. The number of nitrogens with two attached hydrogens (primary N) is 1. The maximum atomic E-state index is 13.0. The average Bonchev–Trinajstić information content (AvgIpc) is 2.69. The van der Waals surface area contributed by atoms with Crippen molar-refractivity contribution in [2.45, 2.75) is 51.0 Å². The zero-order chi connectivity index (χ0) is 20.1. The van der Waals surface area contributed by atoms with Gasteiger partial charge in [-0.3, -0.25) is 9.59 Å². The summed E-state index contributed by atoms with van der Waals surface area (Å²) in [6.07, 6.45) is 5.30. The Kier molecular flexibility index (Phi) is 6.83. The molecule has 2 amide bonds. The van der Waals surface area contributed by atoms with Gasteiger partial charge in [-0.1, -0.05) is 30.9 Å². The lowest BCUT2D eigenvalue weighted by Crippen LogP contribution is -2.58. The lowest BCUT2D eigenvalue weighted by molar-refractivity contribution is -0.165. The predicted octanol–water partition coefficient (Wildman–Crippen LogP) is 3.08. The van der Waals surface area contributed by atoms with Gasteiger partial charge < -0.3 is 20.1 Å². The summed E-state index contributed by atoms with van der Waals surface area (Å²) >= 11 is 6.07. The first kappa shape index (κ1) is 20.9. The molecular weight excluding hydrogens is 380 g/mol. The van der Waals surface area contributed by atoms with Crippen molar-refractivity contribution >= 4 is 23.4 Å². The van der Waals surface area contributed by atoms with Crippen LogP contribution in [0.5, 0.6) is 5.75 Å². The molecule has 1 saturated heterocycles. The molecule has 1 aliphatic carbocycles. The van der Waals surface area contributed by atoms with E-state index in [0.29, 0.717) is 30.5 Å². The minimum atomic E-state index is -0.929. The molecule has 2 N–H and O–H groups in total. The molecule has 2 aliphatic rings. The Morgan fingerprint density at radius 3 is 2.75 bits per heavy atom. The number of hydrogen-bond acceptors (Lipinski definition) is 4. The van der Waals surface area contributed by atoms with Crippen LogP contribution in [0.3, 0.4) is 0 Å². The lowest BCUT2D eigenvalue weighted by Gasteiger charge is -2.43. The second-order valence-electron chi connectivity index (χ2n) is 7.97. The predicted molar refractivity (Wildman–Crippen MR) is 107 cm³/mol. The van der Waals surface area contributed by atoms with Crippen LogP contribution in [0.25, 0.3) is 0 Å². The van der Waals surface area contributed by atoms with Crippen molar-refractivity contribution < 1.29 is 19.1 Å². The molecule has 0 spiro atoms. The van der Waals surface area contributed by atoms with Crippen LogP contribution in [-0.2, 0) is 14.3 Å². The van der Waals surface area contributed by atoms with E-state index in [1.807, 2.05) is 17.9 Å². The number of aryl methyl sites for hydroxylation is 1. The smallest absolute Gasteiger partial charge is 0.225 e. The number of amides is 2. The third-order valence-electron chi connectivity index (χ3n) is 5.64. The average molecular weight is 409 g/mol. The normalized spacial score (nSPS) is 23.4. The number of carbonyl (C=O) groups excluding carboxylic acids is 2. The van der Waals surface area contributed by atoms with Crippen LogP contribution in [0.2, 0.25) is 5.02 Å². The Balaban J connectivity index is 1.71. The number of ether oxygens (including phenoxy) is 2. The highest BCUT2D eigenvalue weighted by Gasteiger charge is 2.42. The number of primary amides is 1. The number of halogens is 1. The molecule has 154 valence electrons. The van der Waals surface area contributed by atoms with E-state index in [1.54, 1.807) is 12.1 Å². The van der Waals surface area contributed by atoms with Crippen molar-refractivity contribution in [1.29, 1.82) is 0 Å². The summed E-state index contributed by atoms with van der Waals surface area (Å²) in [5, 5.41) is 0.664. The van der Waals surface area contributed by atoms with E-state index in [4.69, 9.17) is 26.8 Å². The first-order chi connectivity index (χ1) is 13.4. The highest BCUT2D eigenvalue weighted by molar-refractivity contribution is 6.31. The number of rotatable bonds is 6. The monoisotopic (exact) mass is 408 g/mol. The molecule has 0 radical (unpaired) electrons. The third kappa shape index (κ3) is 5.17. The second kappa shape index (κ2) is 9.14. The number of carbonyl (C=O) groups is 2. The molecule has 0 unspecified atom stereocenters. The van der Waals surface area contributed by atoms with Gasteiger partial charge in [0.25, 0.3) is 0 Å².